The second-order valence-electron chi connectivity index (χ2n) is 5.89. The van der Waals surface area contributed by atoms with Crippen LogP contribution in [0.3, 0.4) is 0 Å². The summed E-state index contributed by atoms with van der Waals surface area (Å²) in [6.07, 6.45) is 0. The lowest BCUT2D eigenvalue weighted by Crippen LogP contribution is -2.36. The molecule has 5 nitrogen and oxygen atoms in total. The van der Waals surface area contributed by atoms with E-state index in [0.29, 0.717) is 24.6 Å². The highest BCUT2D eigenvalue weighted by atomic mass is 32.2. The fourth-order valence-corrected chi connectivity index (χ4v) is 4.42. The molecule has 1 aliphatic rings. The number of sulfonamides is 1. The zero-order valence-electron chi connectivity index (χ0n) is 12.7. The van der Waals surface area contributed by atoms with Crippen molar-refractivity contribution in [3.63, 3.8) is 0 Å². The van der Waals surface area contributed by atoms with Crippen molar-refractivity contribution in [2.45, 2.75) is 18.7 Å². The van der Waals surface area contributed by atoms with Gasteiger partial charge in [0.25, 0.3) is 0 Å². The molecular weight excluding hydrogens is 286 g/mol. The lowest BCUT2D eigenvalue weighted by molar-refractivity contribution is 0.263. The van der Waals surface area contributed by atoms with Crippen LogP contribution < -0.4 is 0 Å². The SMILES string of the molecule is CC1CN(S(=O)(=O)Cc2ccc(C#N)cc2)CC1N(C)C. The normalized spacial score (nSPS) is 23.4. The summed E-state index contributed by atoms with van der Waals surface area (Å²) in [5, 5.41) is 8.76. The second kappa shape index (κ2) is 6.14. The smallest absolute Gasteiger partial charge is 0.218 e. The topological polar surface area (TPSA) is 64.4 Å². The predicted octanol–water partition coefficient (Wildman–Crippen LogP) is 1.27. The lowest BCUT2D eigenvalue weighted by Gasteiger charge is -2.22. The Labute approximate surface area is 126 Å². The summed E-state index contributed by atoms with van der Waals surface area (Å²) in [5.41, 5.74) is 1.26. The third-order valence-electron chi connectivity index (χ3n) is 4.03. The maximum absolute atomic E-state index is 12.5. The number of nitrogens with zero attached hydrogens (tertiary/aromatic N) is 3. The first kappa shape index (κ1) is 16.0. The van der Waals surface area contributed by atoms with Crippen molar-refractivity contribution in [2.75, 3.05) is 27.2 Å². The van der Waals surface area contributed by atoms with Gasteiger partial charge in [-0.3, -0.25) is 0 Å². The molecule has 1 aliphatic heterocycles. The van der Waals surface area contributed by atoms with Gasteiger partial charge in [0.1, 0.15) is 0 Å². The molecule has 1 fully saturated rings. The molecule has 0 aromatic heterocycles. The minimum Gasteiger partial charge on any atom is -0.305 e. The van der Waals surface area contributed by atoms with Gasteiger partial charge in [-0.25, -0.2) is 8.42 Å². The Bertz CT molecular complexity index is 632. The van der Waals surface area contributed by atoms with Gasteiger partial charge in [-0.1, -0.05) is 19.1 Å². The molecule has 0 radical (unpaired) electrons. The van der Waals surface area contributed by atoms with Crippen LogP contribution in [0.5, 0.6) is 0 Å². The molecule has 0 bridgehead atoms. The molecule has 1 aromatic rings. The van der Waals surface area contributed by atoms with E-state index >= 15 is 0 Å². The number of hydrogen-bond acceptors (Lipinski definition) is 4. The first-order chi connectivity index (χ1) is 9.83. The molecule has 1 aromatic carbocycles. The maximum Gasteiger partial charge on any atom is 0.218 e. The second-order valence-corrected chi connectivity index (χ2v) is 7.86. The fraction of sp³-hybridized carbons (Fsp3) is 0.533. The largest absolute Gasteiger partial charge is 0.305 e. The van der Waals surface area contributed by atoms with Crippen molar-refractivity contribution < 1.29 is 8.42 Å². The van der Waals surface area contributed by atoms with Gasteiger partial charge < -0.3 is 4.90 Å². The van der Waals surface area contributed by atoms with E-state index in [0.717, 1.165) is 5.56 Å². The molecule has 21 heavy (non-hydrogen) atoms. The van der Waals surface area contributed by atoms with Crippen molar-refractivity contribution >= 4 is 10.0 Å². The van der Waals surface area contributed by atoms with Crippen molar-refractivity contribution in [1.29, 1.82) is 5.26 Å². The first-order valence-corrected chi connectivity index (χ1v) is 8.57. The average Bonchev–Trinajstić information content (AvgIpc) is 2.82. The third kappa shape index (κ3) is 3.62. The highest BCUT2D eigenvalue weighted by Crippen LogP contribution is 2.24. The van der Waals surface area contributed by atoms with Crippen LogP contribution in [-0.2, 0) is 15.8 Å². The highest BCUT2D eigenvalue weighted by molar-refractivity contribution is 7.88. The predicted molar refractivity (Wildman–Crippen MR) is 82.0 cm³/mol. The highest BCUT2D eigenvalue weighted by Gasteiger charge is 2.37. The Balaban J connectivity index is 2.10. The van der Waals surface area contributed by atoms with Crippen molar-refractivity contribution in [2.24, 2.45) is 5.92 Å². The van der Waals surface area contributed by atoms with E-state index in [9.17, 15) is 8.42 Å². The van der Waals surface area contributed by atoms with Gasteiger partial charge in [0.2, 0.25) is 10.0 Å². The van der Waals surface area contributed by atoms with Crippen LogP contribution in [0.4, 0.5) is 0 Å². The van der Waals surface area contributed by atoms with Crippen LogP contribution in [0.1, 0.15) is 18.1 Å². The molecule has 0 aliphatic carbocycles. The minimum absolute atomic E-state index is 0.00836. The van der Waals surface area contributed by atoms with Crippen LogP contribution in [0.2, 0.25) is 0 Å². The molecule has 1 saturated heterocycles. The summed E-state index contributed by atoms with van der Waals surface area (Å²) in [6.45, 7) is 3.20. The molecule has 2 rings (SSSR count). The minimum atomic E-state index is -3.31. The Morgan fingerprint density at radius 3 is 2.38 bits per heavy atom. The van der Waals surface area contributed by atoms with Gasteiger partial charge in [0, 0.05) is 19.1 Å². The van der Waals surface area contributed by atoms with E-state index in [1.807, 2.05) is 20.2 Å². The van der Waals surface area contributed by atoms with E-state index in [4.69, 9.17) is 5.26 Å². The van der Waals surface area contributed by atoms with Crippen molar-refractivity contribution in [3.8, 4) is 6.07 Å². The Morgan fingerprint density at radius 1 is 1.29 bits per heavy atom. The molecule has 6 heteroatoms. The Kier molecular flexibility index (Phi) is 4.67. The number of rotatable bonds is 4. The summed E-state index contributed by atoms with van der Waals surface area (Å²) < 4.78 is 26.6. The summed E-state index contributed by atoms with van der Waals surface area (Å²) in [6, 6.07) is 9.02. The quantitative estimate of drug-likeness (QED) is 0.840. The molecule has 2 atom stereocenters. The van der Waals surface area contributed by atoms with E-state index < -0.39 is 10.0 Å². The summed E-state index contributed by atoms with van der Waals surface area (Å²) in [4.78, 5) is 2.09. The van der Waals surface area contributed by atoms with Gasteiger partial charge in [-0.05, 0) is 37.7 Å². The van der Waals surface area contributed by atoms with Gasteiger partial charge in [-0.15, -0.1) is 0 Å². The summed E-state index contributed by atoms with van der Waals surface area (Å²) in [5.74, 6) is 0.321. The van der Waals surface area contributed by atoms with Crippen LogP contribution in [0.25, 0.3) is 0 Å². The van der Waals surface area contributed by atoms with Gasteiger partial charge in [0.05, 0.1) is 17.4 Å². The summed E-state index contributed by atoms with van der Waals surface area (Å²) >= 11 is 0. The van der Waals surface area contributed by atoms with Crippen molar-refractivity contribution in [3.05, 3.63) is 35.4 Å². The zero-order chi connectivity index (χ0) is 15.6. The van der Waals surface area contributed by atoms with Crippen molar-refractivity contribution in [1.82, 2.24) is 9.21 Å². The maximum atomic E-state index is 12.5. The average molecular weight is 307 g/mol. The molecule has 114 valence electrons. The van der Waals surface area contributed by atoms with Crippen LogP contribution in [0, 0.1) is 17.2 Å². The Hall–Kier alpha value is -1.42. The number of hydrogen-bond donors (Lipinski definition) is 0. The first-order valence-electron chi connectivity index (χ1n) is 6.97. The van der Waals surface area contributed by atoms with Gasteiger partial charge in [-0.2, -0.15) is 9.57 Å². The van der Waals surface area contributed by atoms with E-state index in [1.54, 1.807) is 28.6 Å². The monoisotopic (exact) mass is 307 g/mol. The molecule has 0 spiro atoms. The number of benzene rings is 1. The van der Waals surface area contributed by atoms with E-state index in [1.165, 1.54) is 0 Å². The lowest BCUT2D eigenvalue weighted by atomic mass is 10.1. The molecule has 2 unspecified atom stereocenters. The molecule has 0 N–H and O–H groups in total. The number of nitriles is 1. The van der Waals surface area contributed by atoms with E-state index in [-0.39, 0.29) is 11.8 Å². The van der Waals surface area contributed by atoms with Crippen LogP contribution >= 0.6 is 0 Å². The third-order valence-corrected chi connectivity index (χ3v) is 5.81. The molecule has 0 saturated carbocycles. The molecular formula is C15H21N3O2S. The van der Waals surface area contributed by atoms with Gasteiger partial charge >= 0.3 is 0 Å². The fourth-order valence-electron chi connectivity index (χ4n) is 2.78. The van der Waals surface area contributed by atoms with Crippen LogP contribution in [0.15, 0.2) is 24.3 Å². The number of likely N-dealkylation sites (N-methyl/N-ethyl adjacent to an activating group) is 1. The van der Waals surface area contributed by atoms with Gasteiger partial charge in [0.15, 0.2) is 0 Å². The van der Waals surface area contributed by atoms with Crippen LogP contribution in [-0.4, -0.2) is 50.8 Å². The summed E-state index contributed by atoms with van der Waals surface area (Å²) in [7, 11) is 0.660. The zero-order valence-corrected chi connectivity index (χ0v) is 13.5. The molecule has 1 heterocycles. The molecule has 0 amide bonds. The standard InChI is InChI=1S/C15H21N3O2S/c1-12-9-18(10-15(12)17(2)3)21(19,20)11-14-6-4-13(8-16)5-7-14/h4-7,12,15H,9-11H2,1-3H3. The Morgan fingerprint density at radius 2 is 1.90 bits per heavy atom. The van der Waals surface area contributed by atoms with E-state index in [2.05, 4.69) is 11.8 Å².